The number of allylic oxidation sites excluding steroid dienone is 1. The fraction of sp³-hybridized carbons (Fsp3) is 0.320. The van der Waals surface area contributed by atoms with E-state index >= 15 is 0 Å². The Labute approximate surface area is 190 Å². The Morgan fingerprint density at radius 1 is 1.06 bits per heavy atom. The van der Waals surface area contributed by atoms with Crippen molar-refractivity contribution in [3.8, 4) is 40.1 Å². The second kappa shape index (κ2) is 8.71. The van der Waals surface area contributed by atoms with E-state index in [1.165, 1.54) is 12.1 Å². The van der Waals surface area contributed by atoms with Crippen LogP contribution in [0, 0.1) is 5.92 Å². The van der Waals surface area contributed by atoms with Crippen molar-refractivity contribution >= 4 is 11.0 Å². The van der Waals surface area contributed by atoms with Gasteiger partial charge in [0.1, 0.15) is 34.0 Å². The lowest BCUT2D eigenvalue weighted by Crippen LogP contribution is -2.21. The summed E-state index contributed by atoms with van der Waals surface area (Å²) >= 11 is 0. The fourth-order valence-electron chi connectivity index (χ4n) is 3.76. The molecule has 8 heteroatoms. The number of aliphatic hydroxyl groups is 1. The van der Waals surface area contributed by atoms with Gasteiger partial charge in [-0.3, -0.25) is 4.79 Å². The molecule has 0 radical (unpaired) electrons. The molecule has 0 amide bonds. The molecule has 0 bridgehead atoms. The summed E-state index contributed by atoms with van der Waals surface area (Å²) in [6.45, 7) is 9.19. The van der Waals surface area contributed by atoms with Gasteiger partial charge in [0.25, 0.3) is 0 Å². The summed E-state index contributed by atoms with van der Waals surface area (Å²) in [6.07, 6.45) is 1.18. The van der Waals surface area contributed by atoms with Crippen LogP contribution in [0.2, 0.25) is 0 Å². The highest BCUT2D eigenvalue weighted by Crippen LogP contribution is 2.42. The van der Waals surface area contributed by atoms with E-state index in [4.69, 9.17) is 4.42 Å². The number of hydrogen-bond donors (Lipinski definition) is 6. The molecule has 6 N–H and O–H groups in total. The van der Waals surface area contributed by atoms with Gasteiger partial charge in [-0.15, -0.1) is 0 Å². The molecule has 1 aromatic heterocycles. The Balaban J connectivity index is 2.24. The summed E-state index contributed by atoms with van der Waals surface area (Å²) in [5.74, 6) is -2.97. The van der Waals surface area contributed by atoms with Crippen LogP contribution in [0.25, 0.3) is 22.3 Å². The third-order valence-electron chi connectivity index (χ3n) is 5.68. The lowest BCUT2D eigenvalue weighted by Gasteiger charge is -2.23. The zero-order valence-electron chi connectivity index (χ0n) is 18.7. The predicted octanol–water partition coefficient (Wildman–Crippen LogP) is 4.27. The first-order chi connectivity index (χ1) is 15.3. The van der Waals surface area contributed by atoms with Gasteiger partial charge in [0, 0.05) is 17.7 Å². The first-order valence-corrected chi connectivity index (χ1v) is 10.4. The van der Waals surface area contributed by atoms with Crippen LogP contribution < -0.4 is 5.43 Å². The molecule has 0 aliphatic carbocycles. The molecule has 2 aromatic carbocycles. The lowest BCUT2D eigenvalue weighted by molar-refractivity contribution is 0.0650. The number of benzene rings is 2. The summed E-state index contributed by atoms with van der Waals surface area (Å²) in [7, 11) is 0. The van der Waals surface area contributed by atoms with Gasteiger partial charge in [0.2, 0.25) is 11.2 Å². The summed E-state index contributed by atoms with van der Waals surface area (Å²) in [4.78, 5) is 12.9. The van der Waals surface area contributed by atoms with Crippen molar-refractivity contribution in [3.05, 3.63) is 52.2 Å². The normalized spacial score (nSPS) is 12.7. The number of rotatable bonds is 7. The molecule has 3 aromatic rings. The second-order valence-electron chi connectivity index (χ2n) is 9.01. The molecule has 0 saturated carbocycles. The molecule has 1 atom stereocenters. The Bertz CT molecular complexity index is 1280. The topological polar surface area (TPSA) is 152 Å². The number of fused-ring (bicyclic) bond motifs is 1. The highest BCUT2D eigenvalue weighted by molar-refractivity contribution is 5.91. The predicted molar refractivity (Wildman–Crippen MR) is 124 cm³/mol. The molecule has 0 saturated heterocycles. The van der Waals surface area contributed by atoms with Crippen LogP contribution in [0.5, 0.6) is 28.7 Å². The largest absolute Gasteiger partial charge is 0.508 e. The van der Waals surface area contributed by atoms with E-state index in [0.717, 1.165) is 17.7 Å². The molecule has 8 nitrogen and oxygen atoms in total. The lowest BCUT2D eigenvalue weighted by atomic mass is 9.85. The minimum absolute atomic E-state index is 0.0587. The second-order valence-corrected chi connectivity index (χ2v) is 9.01. The Hall–Kier alpha value is -3.65. The van der Waals surface area contributed by atoms with Crippen LogP contribution in [0.4, 0.5) is 0 Å². The van der Waals surface area contributed by atoms with Gasteiger partial charge in [0.05, 0.1) is 11.2 Å². The van der Waals surface area contributed by atoms with Gasteiger partial charge >= 0.3 is 0 Å². The maximum absolute atomic E-state index is 12.9. The minimum atomic E-state index is -0.944. The van der Waals surface area contributed by atoms with Gasteiger partial charge in [-0.05, 0) is 58.1 Å². The van der Waals surface area contributed by atoms with Gasteiger partial charge in [-0.25, -0.2) is 0 Å². The average Bonchev–Trinajstić information content (AvgIpc) is 2.68. The summed E-state index contributed by atoms with van der Waals surface area (Å²) in [5, 5.41) is 61.0. The molecule has 176 valence electrons. The third-order valence-corrected chi connectivity index (χ3v) is 5.68. The van der Waals surface area contributed by atoms with Crippen molar-refractivity contribution in [1.82, 2.24) is 0 Å². The maximum atomic E-state index is 12.9. The molecule has 0 spiro atoms. The molecular weight excluding hydrogens is 428 g/mol. The van der Waals surface area contributed by atoms with Gasteiger partial charge in [-0.1, -0.05) is 12.2 Å². The zero-order chi connectivity index (χ0) is 24.7. The van der Waals surface area contributed by atoms with Crippen molar-refractivity contribution < 1.29 is 35.1 Å². The van der Waals surface area contributed by atoms with Gasteiger partial charge in [0.15, 0.2) is 5.76 Å². The third kappa shape index (κ3) is 4.90. The quantitative estimate of drug-likeness (QED) is 0.288. The molecule has 0 aliphatic heterocycles. The van der Waals surface area contributed by atoms with E-state index in [1.54, 1.807) is 13.8 Å². The zero-order valence-corrected chi connectivity index (χ0v) is 18.7. The highest BCUT2D eigenvalue weighted by atomic mass is 16.4. The van der Waals surface area contributed by atoms with Crippen LogP contribution >= 0.6 is 0 Å². The van der Waals surface area contributed by atoms with Crippen LogP contribution in [0.3, 0.4) is 0 Å². The molecule has 0 aliphatic rings. The summed E-state index contributed by atoms with van der Waals surface area (Å²) in [5.41, 5.74) is -1.06. The van der Waals surface area contributed by atoms with Crippen LogP contribution in [-0.4, -0.2) is 36.2 Å². The highest BCUT2D eigenvalue weighted by Gasteiger charge is 2.26. The van der Waals surface area contributed by atoms with E-state index in [0.29, 0.717) is 12.8 Å². The van der Waals surface area contributed by atoms with Crippen LogP contribution in [0.1, 0.15) is 39.2 Å². The van der Waals surface area contributed by atoms with Gasteiger partial charge in [-0.2, -0.15) is 0 Å². The fourth-order valence-corrected chi connectivity index (χ4v) is 3.76. The van der Waals surface area contributed by atoms with Crippen LogP contribution in [0.15, 0.2) is 45.6 Å². The maximum Gasteiger partial charge on any atom is 0.238 e. The number of phenolic OH excluding ortho intramolecular Hbond substituents is 4. The molecule has 0 unspecified atom stereocenters. The average molecular weight is 456 g/mol. The molecule has 1 heterocycles. The molecule has 3 rings (SSSR count). The summed E-state index contributed by atoms with van der Waals surface area (Å²) < 4.78 is 5.81. The smallest absolute Gasteiger partial charge is 0.238 e. The monoisotopic (exact) mass is 456 g/mol. The molecular formula is C25H28O8. The van der Waals surface area contributed by atoms with E-state index in [9.17, 15) is 35.4 Å². The number of aromatic hydroxyl groups is 5. The van der Waals surface area contributed by atoms with Crippen molar-refractivity contribution in [2.45, 2.75) is 45.6 Å². The Kier molecular flexibility index (Phi) is 6.33. The minimum Gasteiger partial charge on any atom is -0.508 e. The number of hydrogen-bond acceptors (Lipinski definition) is 8. The van der Waals surface area contributed by atoms with Crippen molar-refractivity contribution in [1.29, 1.82) is 0 Å². The number of phenols is 4. The Morgan fingerprint density at radius 3 is 2.30 bits per heavy atom. The van der Waals surface area contributed by atoms with Crippen molar-refractivity contribution in [2.24, 2.45) is 5.92 Å². The Morgan fingerprint density at radius 2 is 1.73 bits per heavy atom. The first-order valence-electron chi connectivity index (χ1n) is 10.4. The van der Waals surface area contributed by atoms with Crippen molar-refractivity contribution in [3.63, 3.8) is 0 Å². The van der Waals surface area contributed by atoms with E-state index in [-0.39, 0.29) is 51.7 Å². The summed E-state index contributed by atoms with van der Waals surface area (Å²) in [6, 6.07) is 4.54. The van der Waals surface area contributed by atoms with E-state index in [1.807, 2.05) is 6.92 Å². The SMILES string of the molecule is C=C(C)[C@H](CCC(C)(C)O)Cc1c(O)cc(O)c2c(=O)c(O)c(-c3ccc(O)cc3O)oc12. The first kappa shape index (κ1) is 24.0. The van der Waals surface area contributed by atoms with Gasteiger partial charge < -0.3 is 35.1 Å². The standard InChI is InChI=1S/C25H28O8/c1-12(2)13(7-8-25(3,4)32)9-16-18(28)11-19(29)20-21(30)22(31)24(33-23(16)20)15-6-5-14(26)10-17(15)27/h5-6,10-11,13,26-29,31-32H,1,7-9H2,2-4H3/t13-/m1/s1. The molecule has 0 fully saturated rings. The van der Waals surface area contributed by atoms with E-state index in [2.05, 4.69) is 6.58 Å². The molecule has 33 heavy (non-hydrogen) atoms. The van der Waals surface area contributed by atoms with Crippen LogP contribution in [-0.2, 0) is 6.42 Å². The van der Waals surface area contributed by atoms with E-state index < -0.39 is 28.3 Å². The van der Waals surface area contributed by atoms with Crippen molar-refractivity contribution in [2.75, 3.05) is 0 Å².